The Hall–Kier alpha value is -6.70. The summed E-state index contributed by atoms with van der Waals surface area (Å²) in [4.78, 5) is 2.56. The smallest absolute Gasteiger partial charge is 0.0726 e. The molecule has 1 nitrogen and oxygen atoms in total. The summed E-state index contributed by atoms with van der Waals surface area (Å²) in [5.41, 5.74) is 19.0. The molecule has 0 radical (unpaired) electrons. The van der Waals surface area contributed by atoms with Crippen molar-refractivity contribution in [2.45, 2.75) is 24.7 Å². The van der Waals surface area contributed by atoms with Gasteiger partial charge >= 0.3 is 0 Å². The Bertz CT molecular complexity index is 3010. The Labute approximate surface area is 321 Å². The van der Waals surface area contributed by atoms with E-state index in [1.807, 2.05) is 0 Å². The van der Waals surface area contributed by atoms with E-state index in [0.29, 0.717) is 0 Å². The second kappa shape index (κ2) is 10.9. The molecule has 55 heavy (non-hydrogen) atoms. The minimum atomic E-state index is -0.425. The summed E-state index contributed by atoms with van der Waals surface area (Å²) in [6.07, 6.45) is 0. The van der Waals surface area contributed by atoms with Crippen molar-refractivity contribution in [2.75, 3.05) is 4.90 Å². The van der Waals surface area contributed by atoms with Gasteiger partial charge in [-0.05, 0) is 108 Å². The topological polar surface area (TPSA) is 3.24 Å². The van der Waals surface area contributed by atoms with Gasteiger partial charge in [-0.25, -0.2) is 0 Å². The van der Waals surface area contributed by atoms with Gasteiger partial charge in [0.1, 0.15) is 0 Å². The molecule has 0 aliphatic heterocycles. The first kappa shape index (κ1) is 30.7. The minimum absolute atomic E-state index is 0.201. The molecule has 0 saturated carbocycles. The lowest BCUT2D eigenvalue weighted by Crippen LogP contribution is -2.26. The molecule has 12 rings (SSSR count). The second-order valence-corrected chi connectivity index (χ2v) is 16.0. The first-order chi connectivity index (χ1) is 27.1. The van der Waals surface area contributed by atoms with Crippen LogP contribution in [-0.4, -0.2) is 0 Å². The van der Waals surface area contributed by atoms with Crippen molar-refractivity contribution in [3.63, 3.8) is 0 Å². The molecular formula is C54H37N. The zero-order valence-electron chi connectivity index (χ0n) is 30.8. The molecule has 0 aromatic heterocycles. The molecule has 0 N–H and O–H groups in total. The van der Waals surface area contributed by atoms with Crippen molar-refractivity contribution in [2.24, 2.45) is 0 Å². The van der Waals surface area contributed by atoms with Gasteiger partial charge in [0.15, 0.2) is 0 Å². The maximum atomic E-state index is 2.56. The molecule has 1 heteroatoms. The van der Waals surface area contributed by atoms with Gasteiger partial charge in [0, 0.05) is 27.7 Å². The van der Waals surface area contributed by atoms with E-state index in [-0.39, 0.29) is 5.41 Å². The Morgan fingerprint density at radius 1 is 0.364 bits per heavy atom. The molecule has 0 bridgehead atoms. The van der Waals surface area contributed by atoms with Crippen molar-refractivity contribution in [1.82, 2.24) is 0 Å². The third-order valence-corrected chi connectivity index (χ3v) is 13.0. The van der Waals surface area contributed by atoms with Gasteiger partial charge in [0.05, 0.1) is 11.1 Å². The summed E-state index contributed by atoms with van der Waals surface area (Å²) in [5.74, 6) is 0. The van der Waals surface area contributed by atoms with Crippen LogP contribution in [0.5, 0.6) is 0 Å². The predicted octanol–water partition coefficient (Wildman–Crippen LogP) is 14.1. The summed E-state index contributed by atoms with van der Waals surface area (Å²) in [7, 11) is 0. The van der Waals surface area contributed by atoms with E-state index in [1.165, 1.54) is 94.0 Å². The van der Waals surface area contributed by atoms with Gasteiger partial charge < -0.3 is 4.90 Å². The number of para-hydroxylation sites is 1. The average Bonchev–Trinajstić information content (AvgIpc) is 3.79. The van der Waals surface area contributed by atoms with Crippen molar-refractivity contribution >= 4 is 38.6 Å². The van der Waals surface area contributed by atoms with Gasteiger partial charge in [0.2, 0.25) is 0 Å². The third-order valence-electron chi connectivity index (χ3n) is 13.0. The molecule has 9 aromatic carbocycles. The summed E-state index contributed by atoms with van der Waals surface area (Å²) in [6.45, 7) is 4.84. The van der Waals surface area contributed by atoms with Gasteiger partial charge in [-0.2, -0.15) is 0 Å². The highest BCUT2D eigenvalue weighted by molar-refractivity contribution is 6.12. The Morgan fingerprint density at radius 2 is 0.891 bits per heavy atom. The van der Waals surface area contributed by atoms with Crippen molar-refractivity contribution in [3.8, 4) is 33.4 Å². The maximum absolute atomic E-state index is 2.56. The minimum Gasteiger partial charge on any atom is -0.309 e. The highest BCUT2D eigenvalue weighted by Crippen LogP contribution is 2.64. The summed E-state index contributed by atoms with van der Waals surface area (Å²) >= 11 is 0. The van der Waals surface area contributed by atoms with Crippen molar-refractivity contribution < 1.29 is 0 Å². The van der Waals surface area contributed by atoms with E-state index < -0.39 is 5.41 Å². The first-order valence-electron chi connectivity index (χ1n) is 19.4. The Kier molecular flexibility index (Phi) is 6.11. The molecule has 9 aromatic rings. The molecule has 0 atom stereocenters. The fraction of sp³-hybridized carbons (Fsp3) is 0.0741. The van der Waals surface area contributed by atoms with E-state index in [0.717, 1.165) is 11.4 Å². The molecule has 1 spiro atoms. The zero-order chi connectivity index (χ0) is 36.5. The highest BCUT2D eigenvalue weighted by atomic mass is 15.1. The Balaban J connectivity index is 1.20. The van der Waals surface area contributed by atoms with Crippen LogP contribution in [-0.2, 0) is 10.8 Å². The van der Waals surface area contributed by atoms with E-state index in [4.69, 9.17) is 0 Å². The number of rotatable bonds is 3. The number of hydrogen-bond donors (Lipinski definition) is 0. The molecule has 0 fully saturated rings. The molecule has 3 aliphatic carbocycles. The lowest BCUT2D eigenvalue weighted by Gasteiger charge is -2.33. The SMILES string of the molecule is CC1(C)c2cc3ccccc3c(N(c3ccccc3)c3ccc4c(c3)C3(c5ccccc5-c5ccccc53)c3ccccc3-4)c2-c2ccc3ccccc3c21. The average molecular weight is 700 g/mol. The highest BCUT2D eigenvalue weighted by Gasteiger charge is 2.52. The van der Waals surface area contributed by atoms with Crippen LogP contribution in [0.1, 0.15) is 47.2 Å². The second-order valence-electron chi connectivity index (χ2n) is 16.0. The van der Waals surface area contributed by atoms with Crippen LogP contribution >= 0.6 is 0 Å². The standard InChI is InChI=1S/C54H37N/c1-53(2)49-32-35-17-7-9-21-39(35)52(50(49)44-30-28-34-16-6-8-20-38(34)51(44)53)55(36-18-4-3-5-19-36)37-29-31-43-42-24-12-15-27-47(42)54(48(43)33-37)45-25-13-10-22-40(45)41-23-11-14-26-46(41)54/h3-33H,1-2H3. The third kappa shape index (κ3) is 3.87. The normalized spacial score (nSPS) is 14.7. The number of nitrogens with zero attached hydrogens (tertiary/aromatic N) is 1. The molecule has 258 valence electrons. The van der Waals surface area contributed by atoms with Crippen molar-refractivity contribution in [3.05, 3.63) is 221 Å². The quantitative estimate of drug-likeness (QED) is 0.177. The predicted molar refractivity (Wildman–Crippen MR) is 230 cm³/mol. The lowest BCUT2D eigenvalue weighted by atomic mass is 9.70. The molecule has 0 heterocycles. The largest absolute Gasteiger partial charge is 0.309 e. The van der Waals surface area contributed by atoms with Crippen LogP contribution in [0.3, 0.4) is 0 Å². The van der Waals surface area contributed by atoms with Crippen LogP contribution < -0.4 is 4.90 Å². The number of anilines is 3. The molecule has 0 unspecified atom stereocenters. The molecule has 3 aliphatic rings. The Morgan fingerprint density at radius 3 is 1.56 bits per heavy atom. The summed E-state index contributed by atoms with van der Waals surface area (Å²) in [5, 5.41) is 5.12. The first-order valence-corrected chi connectivity index (χ1v) is 19.4. The fourth-order valence-corrected chi connectivity index (χ4v) is 10.8. The molecule has 0 saturated heterocycles. The molecule has 0 amide bonds. The summed E-state index contributed by atoms with van der Waals surface area (Å²) < 4.78 is 0. The van der Waals surface area contributed by atoms with E-state index in [9.17, 15) is 0 Å². The maximum Gasteiger partial charge on any atom is 0.0726 e. The number of fused-ring (bicyclic) bond motifs is 16. The fourth-order valence-electron chi connectivity index (χ4n) is 10.8. The van der Waals surface area contributed by atoms with Gasteiger partial charge in [0.25, 0.3) is 0 Å². The summed E-state index contributed by atoms with van der Waals surface area (Å²) in [6, 6.07) is 70.6. The van der Waals surface area contributed by atoms with E-state index in [1.54, 1.807) is 0 Å². The van der Waals surface area contributed by atoms with Crippen molar-refractivity contribution in [1.29, 1.82) is 0 Å². The van der Waals surface area contributed by atoms with Crippen LogP contribution in [0.4, 0.5) is 17.1 Å². The van der Waals surface area contributed by atoms with Crippen LogP contribution in [0.2, 0.25) is 0 Å². The van der Waals surface area contributed by atoms with Crippen LogP contribution in [0, 0.1) is 0 Å². The van der Waals surface area contributed by atoms with E-state index in [2.05, 4.69) is 207 Å². The van der Waals surface area contributed by atoms with Gasteiger partial charge in [-0.15, -0.1) is 0 Å². The monoisotopic (exact) mass is 699 g/mol. The number of hydrogen-bond acceptors (Lipinski definition) is 1. The van der Waals surface area contributed by atoms with Crippen LogP contribution in [0.25, 0.3) is 54.9 Å². The number of benzene rings is 9. The van der Waals surface area contributed by atoms with Gasteiger partial charge in [-0.1, -0.05) is 172 Å². The zero-order valence-corrected chi connectivity index (χ0v) is 30.8. The van der Waals surface area contributed by atoms with Gasteiger partial charge in [-0.3, -0.25) is 0 Å². The van der Waals surface area contributed by atoms with Crippen LogP contribution in [0.15, 0.2) is 188 Å². The molecular weight excluding hydrogens is 663 g/mol. The lowest BCUT2D eigenvalue weighted by molar-refractivity contribution is 0.667. The van der Waals surface area contributed by atoms with E-state index >= 15 is 0 Å².